The van der Waals surface area contributed by atoms with E-state index in [0.717, 1.165) is 23.7 Å². The van der Waals surface area contributed by atoms with Crippen LogP contribution in [0.2, 0.25) is 0 Å². The Morgan fingerprint density at radius 2 is 2.50 bits per heavy atom. The predicted molar refractivity (Wildman–Crippen MR) is 76.1 cm³/mol. The van der Waals surface area contributed by atoms with E-state index in [0.29, 0.717) is 11.4 Å². The molecule has 1 aliphatic rings. The quantitative estimate of drug-likeness (QED) is 0.843. The van der Waals surface area contributed by atoms with Crippen molar-refractivity contribution < 1.29 is 14.6 Å². The van der Waals surface area contributed by atoms with Crippen LogP contribution in [0.15, 0.2) is 18.2 Å². The van der Waals surface area contributed by atoms with Crippen LogP contribution in [0.5, 0.6) is 0 Å². The number of thioether (sulfide) groups is 1. The van der Waals surface area contributed by atoms with Gasteiger partial charge in [0.2, 0.25) is 0 Å². The van der Waals surface area contributed by atoms with Crippen molar-refractivity contribution in [2.24, 2.45) is 0 Å². The summed E-state index contributed by atoms with van der Waals surface area (Å²) in [5.41, 5.74) is 0. The van der Waals surface area contributed by atoms with E-state index in [1.54, 1.807) is 17.4 Å². The summed E-state index contributed by atoms with van der Waals surface area (Å²) in [5, 5.41) is 9.15. The standard InChI is InChI=1S/C13H16O3S2/c1-9-12(6-7-16-9)17-8-11-3-2-10(18-11)4-5-13(14)15/h2-5,9,12H,6-8H2,1H3,(H,14,15)/b5-4+. The first-order chi connectivity index (χ1) is 8.65. The van der Waals surface area contributed by atoms with Gasteiger partial charge in [-0.2, -0.15) is 11.8 Å². The molecule has 0 bridgehead atoms. The van der Waals surface area contributed by atoms with E-state index < -0.39 is 5.97 Å². The maximum Gasteiger partial charge on any atom is 0.328 e. The van der Waals surface area contributed by atoms with Crippen molar-refractivity contribution in [3.63, 3.8) is 0 Å². The van der Waals surface area contributed by atoms with E-state index in [-0.39, 0.29) is 0 Å². The van der Waals surface area contributed by atoms with Crippen molar-refractivity contribution in [1.29, 1.82) is 0 Å². The van der Waals surface area contributed by atoms with Gasteiger partial charge in [-0.1, -0.05) is 0 Å². The van der Waals surface area contributed by atoms with Crippen LogP contribution in [-0.2, 0) is 15.3 Å². The van der Waals surface area contributed by atoms with Gasteiger partial charge in [-0.15, -0.1) is 11.3 Å². The Balaban J connectivity index is 1.85. The maximum absolute atomic E-state index is 10.4. The zero-order valence-corrected chi connectivity index (χ0v) is 11.8. The molecular weight excluding hydrogens is 268 g/mol. The highest BCUT2D eigenvalue weighted by Gasteiger charge is 2.24. The monoisotopic (exact) mass is 284 g/mol. The summed E-state index contributed by atoms with van der Waals surface area (Å²) in [6.45, 7) is 3.00. The molecule has 5 heteroatoms. The Morgan fingerprint density at radius 1 is 1.67 bits per heavy atom. The normalized spacial score (nSPS) is 23.8. The molecule has 0 radical (unpaired) electrons. The van der Waals surface area contributed by atoms with Crippen molar-refractivity contribution >= 4 is 35.1 Å². The van der Waals surface area contributed by atoms with Gasteiger partial charge in [0.15, 0.2) is 0 Å². The number of carboxylic acid groups (broad SMARTS) is 1. The molecule has 98 valence electrons. The number of carboxylic acids is 1. The van der Waals surface area contributed by atoms with E-state index in [2.05, 4.69) is 13.0 Å². The Kier molecular flexibility index (Phi) is 4.86. The van der Waals surface area contributed by atoms with Crippen molar-refractivity contribution in [3.8, 4) is 0 Å². The zero-order valence-electron chi connectivity index (χ0n) is 10.2. The van der Waals surface area contributed by atoms with Crippen LogP contribution < -0.4 is 0 Å². The fourth-order valence-electron chi connectivity index (χ4n) is 1.84. The first-order valence-corrected chi connectivity index (χ1v) is 7.74. The minimum absolute atomic E-state index is 0.348. The summed E-state index contributed by atoms with van der Waals surface area (Å²) in [7, 11) is 0. The lowest BCUT2D eigenvalue weighted by molar-refractivity contribution is -0.131. The molecule has 3 nitrogen and oxygen atoms in total. The Bertz CT molecular complexity index is 439. The molecule has 0 spiro atoms. The molecule has 1 saturated heterocycles. The van der Waals surface area contributed by atoms with E-state index in [1.165, 1.54) is 11.0 Å². The third-order valence-electron chi connectivity index (χ3n) is 2.82. The van der Waals surface area contributed by atoms with Crippen molar-refractivity contribution in [1.82, 2.24) is 0 Å². The van der Waals surface area contributed by atoms with Crippen molar-refractivity contribution in [2.75, 3.05) is 6.61 Å². The molecule has 0 aliphatic carbocycles. The number of rotatable bonds is 5. The predicted octanol–water partition coefficient (Wildman–Crippen LogP) is 3.26. The summed E-state index contributed by atoms with van der Waals surface area (Å²) < 4.78 is 5.53. The van der Waals surface area contributed by atoms with Crippen molar-refractivity contribution in [2.45, 2.75) is 30.5 Å². The highest BCUT2D eigenvalue weighted by Crippen LogP contribution is 2.31. The molecule has 2 unspecified atom stereocenters. The Labute approximate surface area is 115 Å². The Hall–Kier alpha value is -0.780. The summed E-state index contributed by atoms with van der Waals surface area (Å²) in [4.78, 5) is 12.7. The molecule has 2 atom stereocenters. The fraction of sp³-hybridized carbons (Fsp3) is 0.462. The fourth-order valence-corrected chi connectivity index (χ4v) is 4.07. The van der Waals surface area contributed by atoms with E-state index in [4.69, 9.17) is 9.84 Å². The van der Waals surface area contributed by atoms with Gasteiger partial charge in [-0.05, 0) is 31.6 Å². The zero-order chi connectivity index (χ0) is 13.0. The summed E-state index contributed by atoms with van der Waals surface area (Å²) in [5.74, 6) is 0.0699. The van der Waals surface area contributed by atoms with Crippen LogP contribution in [0.25, 0.3) is 6.08 Å². The number of hydrogen-bond acceptors (Lipinski definition) is 4. The molecule has 1 N–H and O–H groups in total. The van der Waals surface area contributed by atoms with Gasteiger partial charge in [0.05, 0.1) is 6.10 Å². The lowest BCUT2D eigenvalue weighted by Gasteiger charge is -2.12. The molecule has 2 rings (SSSR count). The van der Waals surface area contributed by atoms with E-state index in [9.17, 15) is 4.79 Å². The van der Waals surface area contributed by atoms with Gasteiger partial charge >= 0.3 is 5.97 Å². The van der Waals surface area contributed by atoms with Crippen LogP contribution >= 0.6 is 23.1 Å². The number of carbonyl (C=O) groups is 1. The van der Waals surface area contributed by atoms with Crippen LogP contribution in [-0.4, -0.2) is 29.0 Å². The molecule has 0 amide bonds. The third-order valence-corrected chi connectivity index (χ3v) is 5.58. The third kappa shape index (κ3) is 3.86. The van der Waals surface area contributed by atoms with Gasteiger partial charge in [0, 0.05) is 33.4 Å². The van der Waals surface area contributed by atoms with E-state index >= 15 is 0 Å². The minimum Gasteiger partial charge on any atom is -0.478 e. The van der Waals surface area contributed by atoms with Crippen LogP contribution in [0.4, 0.5) is 0 Å². The van der Waals surface area contributed by atoms with Crippen LogP contribution in [0, 0.1) is 0 Å². The van der Waals surface area contributed by atoms with Crippen LogP contribution in [0.1, 0.15) is 23.1 Å². The number of aliphatic carboxylic acids is 1. The molecule has 0 saturated carbocycles. The summed E-state index contributed by atoms with van der Waals surface area (Å²) in [6.07, 6.45) is 4.29. The minimum atomic E-state index is -0.906. The second kappa shape index (κ2) is 6.41. The van der Waals surface area contributed by atoms with Gasteiger partial charge in [-0.3, -0.25) is 0 Å². The van der Waals surface area contributed by atoms with Gasteiger partial charge < -0.3 is 9.84 Å². The van der Waals surface area contributed by atoms with Crippen LogP contribution in [0.3, 0.4) is 0 Å². The summed E-state index contributed by atoms with van der Waals surface area (Å²) >= 11 is 3.58. The van der Waals surface area contributed by atoms with Gasteiger partial charge in [0.25, 0.3) is 0 Å². The smallest absolute Gasteiger partial charge is 0.328 e. The average molecular weight is 284 g/mol. The molecule has 0 aromatic carbocycles. The van der Waals surface area contributed by atoms with Crippen molar-refractivity contribution in [3.05, 3.63) is 28.0 Å². The molecule has 1 fully saturated rings. The molecule has 1 aromatic rings. The Morgan fingerprint density at radius 3 is 3.17 bits per heavy atom. The number of hydrogen-bond donors (Lipinski definition) is 1. The number of ether oxygens (including phenoxy) is 1. The second-order valence-electron chi connectivity index (χ2n) is 4.19. The lowest BCUT2D eigenvalue weighted by Crippen LogP contribution is -2.13. The highest BCUT2D eigenvalue weighted by atomic mass is 32.2. The lowest BCUT2D eigenvalue weighted by atomic mass is 10.3. The maximum atomic E-state index is 10.4. The number of thiophene rings is 1. The second-order valence-corrected chi connectivity index (χ2v) is 6.62. The van der Waals surface area contributed by atoms with E-state index in [1.807, 2.05) is 17.8 Å². The SMILES string of the molecule is CC1OCCC1SCc1ccc(/C=C/C(=O)O)s1. The van der Waals surface area contributed by atoms with Gasteiger partial charge in [-0.25, -0.2) is 4.79 Å². The van der Waals surface area contributed by atoms with Gasteiger partial charge in [0.1, 0.15) is 0 Å². The average Bonchev–Trinajstić information content (AvgIpc) is 2.93. The molecule has 2 heterocycles. The first-order valence-electron chi connectivity index (χ1n) is 5.88. The largest absolute Gasteiger partial charge is 0.478 e. The molecule has 1 aromatic heterocycles. The molecular formula is C13H16O3S2. The molecule has 18 heavy (non-hydrogen) atoms. The highest BCUT2D eigenvalue weighted by molar-refractivity contribution is 7.99. The first kappa shape index (κ1) is 13.6. The topological polar surface area (TPSA) is 46.5 Å². The molecule has 1 aliphatic heterocycles. The summed E-state index contributed by atoms with van der Waals surface area (Å²) in [6, 6.07) is 4.04.